The molecule has 0 bridgehead atoms. The molecule has 0 spiro atoms. The molecule has 0 amide bonds. The Balaban J connectivity index is 3.53. The minimum atomic E-state index is 0.358. The molecule has 0 aromatic heterocycles. The minimum absolute atomic E-state index is 0.358. The Hall–Kier alpha value is 0.660. The van der Waals surface area contributed by atoms with Crippen LogP contribution in [0.3, 0.4) is 0 Å². The van der Waals surface area contributed by atoms with Crippen LogP contribution >= 0.6 is 23.5 Å². The molecule has 0 aliphatic heterocycles. The zero-order valence-corrected chi connectivity index (χ0v) is 12.7. The van der Waals surface area contributed by atoms with Crippen molar-refractivity contribution in [3.05, 3.63) is 0 Å². The van der Waals surface area contributed by atoms with Crippen LogP contribution in [0.5, 0.6) is 0 Å². The molecule has 0 fully saturated rings. The highest BCUT2D eigenvalue weighted by Gasteiger charge is 2.16. The summed E-state index contributed by atoms with van der Waals surface area (Å²) in [7, 11) is 0. The van der Waals surface area contributed by atoms with Crippen molar-refractivity contribution in [2.45, 2.75) is 45.4 Å². The lowest BCUT2D eigenvalue weighted by Gasteiger charge is -2.25. The highest BCUT2D eigenvalue weighted by Crippen LogP contribution is 2.20. The van der Waals surface area contributed by atoms with Crippen LogP contribution in [-0.4, -0.2) is 35.1 Å². The molecule has 1 unspecified atom stereocenters. The number of thioether (sulfide) groups is 2. The minimum Gasteiger partial charge on any atom is -0.312 e. The summed E-state index contributed by atoms with van der Waals surface area (Å²) in [6.07, 6.45) is 2.18. The smallest absolute Gasteiger partial charge is 0.0225 e. The van der Waals surface area contributed by atoms with Crippen LogP contribution in [0, 0.1) is 5.92 Å². The van der Waals surface area contributed by atoms with Crippen molar-refractivity contribution in [1.29, 1.82) is 0 Å². The van der Waals surface area contributed by atoms with Crippen LogP contribution in [0.15, 0.2) is 0 Å². The first-order chi connectivity index (χ1) is 6.87. The van der Waals surface area contributed by atoms with Crippen LogP contribution in [0.4, 0.5) is 0 Å². The van der Waals surface area contributed by atoms with E-state index in [4.69, 9.17) is 0 Å². The predicted octanol–water partition coefficient (Wildman–Crippen LogP) is 3.50. The second-order valence-electron chi connectivity index (χ2n) is 5.18. The maximum absolute atomic E-state index is 3.61. The average Bonchev–Trinajstić information content (AvgIpc) is 2.14. The SMILES string of the molecule is CSC(C)(C)CNC(C)CSCC(C)C. The fourth-order valence-corrected chi connectivity index (χ4v) is 2.34. The van der Waals surface area contributed by atoms with Gasteiger partial charge in [-0.25, -0.2) is 0 Å². The zero-order valence-electron chi connectivity index (χ0n) is 11.1. The van der Waals surface area contributed by atoms with Gasteiger partial charge in [0.25, 0.3) is 0 Å². The van der Waals surface area contributed by atoms with Gasteiger partial charge in [-0.2, -0.15) is 23.5 Å². The Morgan fingerprint density at radius 1 is 1.13 bits per heavy atom. The molecular formula is C12H27NS2. The van der Waals surface area contributed by atoms with E-state index in [-0.39, 0.29) is 0 Å². The summed E-state index contributed by atoms with van der Waals surface area (Å²) >= 11 is 3.99. The summed E-state index contributed by atoms with van der Waals surface area (Å²) in [4.78, 5) is 0. The maximum atomic E-state index is 3.61. The summed E-state index contributed by atoms with van der Waals surface area (Å²) in [6.45, 7) is 12.5. The van der Waals surface area contributed by atoms with E-state index in [9.17, 15) is 0 Å². The second kappa shape index (κ2) is 7.86. The molecule has 0 aromatic carbocycles. The van der Waals surface area contributed by atoms with Gasteiger partial charge in [0.05, 0.1) is 0 Å². The Kier molecular flexibility index (Phi) is 8.20. The molecule has 0 radical (unpaired) electrons. The zero-order chi connectivity index (χ0) is 11.9. The lowest BCUT2D eigenvalue weighted by Crippen LogP contribution is -2.38. The van der Waals surface area contributed by atoms with Gasteiger partial charge < -0.3 is 5.32 Å². The van der Waals surface area contributed by atoms with Crippen LogP contribution in [-0.2, 0) is 0 Å². The molecule has 92 valence electrons. The third kappa shape index (κ3) is 9.58. The predicted molar refractivity (Wildman–Crippen MR) is 77.2 cm³/mol. The Bertz CT molecular complexity index is 158. The Labute approximate surface area is 105 Å². The quantitative estimate of drug-likeness (QED) is 0.707. The molecule has 0 saturated heterocycles. The van der Waals surface area contributed by atoms with Crippen LogP contribution < -0.4 is 5.32 Å². The van der Waals surface area contributed by atoms with Crippen LogP contribution in [0.2, 0.25) is 0 Å². The summed E-state index contributed by atoms with van der Waals surface area (Å²) < 4.78 is 0.358. The van der Waals surface area contributed by atoms with Crippen molar-refractivity contribution in [1.82, 2.24) is 5.32 Å². The molecule has 0 aromatic rings. The van der Waals surface area contributed by atoms with E-state index in [2.05, 4.69) is 58.0 Å². The molecule has 1 N–H and O–H groups in total. The third-order valence-corrected chi connectivity index (χ3v) is 5.14. The lowest BCUT2D eigenvalue weighted by molar-refractivity contribution is 0.537. The van der Waals surface area contributed by atoms with Crippen molar-refractivity contribution in [3.63, 3.8) is 0 Å². The van der Waals surface area contributed by atoms with E-state index in [1.165, 1.54) is 11.5 Å². The van der Waals surface area contributed by atoms with Gasteiger partial charge >= 0.3 is 0 Å². The number of hydrogen-bond acceptors (Lipinski definition) is 3. The van der Waals surface area contributed by atoms with E-state index in [1.807, 2.05) is 11.8 Å². The first-order valence-corrected chi connectivity index (χ1v) is 8.11. The van der Waals surface area contributed by atoms with Crippen molar-refractivity contribution in [2.24, 2.45) is 5.92 Å². The number of hydrogen-bond donors (Lipinski definition) is 1. The molecule has 0 aliphatic rings. The summed E-state index contributed by atoms with van der Waals surface area (Å²) in [5, 5.41) is 3.61. The van der Waals surface area contributed by atoms with Crippen molar-refractivity contribution >= 4 is 23.5 Å². The van der Waals surface area contributed by atoms with E-state index < -0.39 is 0 Å². The fraction of sp³-hybridized carbons (Fsp3) is 1.00. The van der Waals surface area contributed by atoms with Crippen molar-refractivity contribution in [3.8, 4) is 0 Å². The van der Waals surface area contributed by atoms with E-state index >= 15 is 0 Å². The van der Waals surface area contributed by atoms with E-state index in [1.54, 1.807) is 0 Å². The third-order valence-electron chi connectivity index (χ3n) is 2.25. The maximum Gasteiger partial charge on any atom is 0.0225 e. The normalized spacial score (nSPS) is 14.6. The second-order valence-corrected chi connectivity index (χ2v) is 7.77. The van der Waals surface area contributed by atoms with Gasteiger partial charge in [0.1, 0.15) is 0 Å². The van der Waals surface area contributed by atoms with Gasteiger partial charge in [0.15, 0.2) is 0 Å². The number of nitrogens with one attached hydrogen (secondary N) is 1. The summed E-state index contributed by atoms with van der Waals surface area (Å²) in [6, 6.07) is 0.625. The van der Waals surface area contributed by atoms with Gasteiger partial charge in [-0.15, -0.1) is 0 Å². The first-order valence-electron chi connectivity index (χ1n) is 5.73. The standard InChI is InChI=1S/C12H27NS2/c1-10(2)7-15-8-11(3)13-9-12(4,5)14-6/h10-11,13H,7-9H2,1-6H3. The van der Waals surface area contributed by atoms with Crippen LogP contribution in [0.25, 0.3) is 0 Å². The molecule has 0 heterocycles. The largest absolute Gasteiger partial charge is 0.312 e. The average molecular weight is 249 g/mol. The molecule has 3 heteroatoms. The molecule has 0 rings (SSSR count). The Morgan fingerprint density at radius 2 is 1.73 bits per heavy atom. The first kappa shape index (κ1) is 15.7. The fourth-order valence-electron chi connectivity index (χ4n) is 1.03. The van der Waals surface area contributed by atoms with Gasteiger partial charge in [-0.05, 0) is 38.7 Å². The highest BCUT2D eigenvalue weighted by molar-refractivity contribution is 8.00. The highest BCUT2D eigenvalue weighted by atomic mass is 32.2. The van der Waals surface area contributed by atoms with E-state index in [0.717, 1.165) is 12.5 Å². The van der Waals surface area contributed by atoms with Gasteiger partial charge in [-0.3, -0.25) is 0 Å². The summed E-state index contributed by atoms with van der Waals surface area (Å²) in [5.74, 6) is 3.31. The van der Waals surface area contributed by atoms with Crippen molar-refractivity contribution < 1.29 is 0 Å². The number of rotatable bonds is 8. The molecular weight excluding hydrogens is 222 g/mol. The molecule has 0 aliphatic carbocycles. The summed E-state index contributed by atoms with van der Waals surface area (Å²) in [5.41, 5.74) is 0. The molecule has 15 heavy (non-hydrogen) atoms. The Morgan fingerprint density at radius 3 is 2.20 bits per heavy atom. The topological polar surface area (TPSA) is 12.0 Å². The monoisotopic (exact) mass is 249 g/mol. The van der Waals surface area contributed by atoms with Gasteiger partial charge in [-0.1, -0.05) is 13.8 Å². The van der Waals surface area contributed by atoms with E-state index in [0.29, 0.717) is 10.8 Å². The molecule has 1 atom stereocenters. The molecule has 1 nitrogen and oxygen atoms in total. The van der Waals surface area contributed by atoms with Gasteiger partial charge in [0.2, 0.25) is 0 Å². The van der Waals surface area contributed by atoms with Gasteiger partial charge in [0, 0.05) is 23.1 Å². The van der Waals surface area contributed by atoms with Crippen molar-refractivity contribution in [2.75, 3.05) is 24.3 Å². The van der Waals surface area contributed by atoms with Crippen LogP contribution in [0.1, 0.15) is 34.6 Å². The molecule has 0 saturated carbocycles. The lowest BCUT2D eigenvalue weighted by atomic mass is 10.2.